The van der Waals surface area contributed by atoms with Gasteiger partial charge in [-0.15, -0.1) is 0 Å². The molecule has 3 heterocycles. The number of aliphatic hydroxyl groups is 10. The summed E-state index contributed by atoms with van der Waals surface area (Å²) >= 11 is 0. The van der Waals surface area contributed by atoms with Crippen molar-refractivity contribution >= 4 is 35.6 Å². The average molecular weight is 1370 g/mol. The first-order valence-electron chi connectivity index (χ1n) is 35.3. The Hall–Kier alpha value is -3.82. The monoisotopic (exact) mass is 1370 g/mol. The summed E-state index contributed by atoms with van der Waals surface area (Å²) in [5, 5.41) is 108. The maximum atomic E-state index is 12.7. The van der Waals surface area contributed by atoms with Crippen LogP contribution in [0.5, 0.6) is 0 Å². The third-order valence-electron chi connectivity index (χ3n) is 18.2. The van der Waals surface area contributed by atoms with Crippen LogP contribution in [0.1, 0.15) is 214 Å². The highest BCUT2D eigenvalue weighted by molar-refractivity contribution is 5.78. The minimum Gasteiger partial charge on any atom is -0.466 e. The fourth-order valence-corrected chi connectivity index (χ4v) is 11.8. The Kier molecular flexibility index (Phi) is 43.9. The van der Waals surface area contributed by atoms with Crippen LogP contribution in [0.15, 0.2) is 0 Å². The Morgan fingerprint density at radius 2 is 0.811 bits per heavy atom. The van der Waals surface area contributed by atoms with Crippen molar-refractivity contribution in [3.8, 4) is 0 Å². The summed E-state index contributed by atoms with van der Waals surface area (Å²) in [4.78, 5) is 75.0. The van der Waals surface area contributed by atoms with Crippen molar-refractivity contribution in [2.24, 2.45) is 23.2 Å². The molecule has 0 aromatic rings. The normalized spacial score (nSPS) is 27.5. The van der Waals surface area contributed by atoms with Gasteiger partial charge in [-0.3, -0.25) is 24.0 Å². The molecule has 0 aromatic heterocycles. The van der Waals surface area contributed by atoms with E-state index in [-0.39, 0.29) is 93.9 Å². The highest BCUT2D eigenvalue weighted by atomic mass is 16.8. The number of rotatable bonds is 53. The highest BCUT2D eigenvalue weighted by Gasteiger charge is 2.52. The topological polar surface area (TPSA) is 424 Å². The minimum absolute atomic E-state index is 0.0176. The molecule has 0 aliphatic carbocycles. The van der Waals surface area contributed by atoms with E-state index in [1.807, 2.05) is 0 Å². The number of aliphatic hydroxyl groups excluding tert-OH is 9. The summed E-state index contributed by atoms with van der Waals surface area (Å²) in [5.74, 6) is -5.06. The second kappa shape index (κ2) is 48.8. The molecular weight excluding hydrogens is 1250 g/mol. The van der Waals surface area contributed by atoms with Crippen LogP contribution < -0.4 is 16.0 Å². The molecule has 3 fully saturated rings. The number of carbonyl (C=O) groups is 6. The fourth-order valence-electron chi connectivity index (χ4n) is 11.8. The molecule has 0 aromatic carbocycles. The van der Waals surface area contributed by atoms with E-state index in [0.717, 1.165) is 96.3 Å². The van der Waals surface area contributed by atoms with Crippen LogP contribution in [0.4, 0.5) is 4.79 Å². The van der Waals surface area contributed by atoms with Gasteiger partial charge in [0.2, 0.25) is 11.8 Å². The van der Waals surface area contributed by atoms with Crippen LogP contribution in [0.3, 0.4) is 0 Å². The largest absolute Gasteiger partial charge is 0.466 e. The third kappa shape index (κ3) is 34.2. The number of ketones is 1. The van der Waals surface area contributed by atoms with Gasteiger partial charge in [-0.25, -0.2) is 4.79 Å². The Bertz CT molecular complexity index is 2020. The van der Waals surface area contributed by atoms with Crippen LogP contribution >= 0.6 is 0 Å². The first-order chi connectivity index (χ1) is 45.5. The molecule has 3 amide bonds. The fraction of sp³-hybridized carbons (Fsp3) is 0.910. The van der Waals surface area contributed by atoms with Crippen LogP contribution in [0, 0.1) is 23.2 Å². The lowest BCUT2D eigenvalue weighted by molar-refractivity contribution is -0.437. The van der Waals surface area contributed by atoms with Crippen molar-refractivity contribution in [2.75, 3.05) is 79.1 Å². The van der Waals surface area contributed by atoms with E-state index in [1.54, 1.807) is 13.8 Å². The van der Waals surface area contributed by atoms with E-state index in [1.165, 1.54) is 6.92 Å². The van der Waals surface area contributed by atoms with E-state index >= 15 is 0 Å². The number of unbranched alkanes of at least 4 members (excludes halogenated alkanes) is 12. The molecular formula is C67H121N3O25. The van der Waals surface area contributed by atoms with E-state index in [0.29, 0.717) is 90.3 Å². The molecule has 28 heteroatoms. The Morgan fingerprint density at radius 1 is 0.421 bits per heavy atom. The van der Waals surface area contributed by atoms with Crippen molar-refractivity contribution in [1.29, 1.82) is 0 Å². The zero-order valence-electron chi connectivity index (χ0n) is 57.2. The lowest BCUT2D eigenvalue weighted by atomic mass is 9.77. The molecule has 3 rings (SSSR count). The molecule has 3 aliphatic heterocycles. The van der Waals surface area contributed by atoms with Gasteiger partial charge in [0, 0.05) is 70.0 Å². The maximum absolute atomic E-state index is 12.7. The SMILES string of the molecule is CC1C(OCCCC(=O)NCCCCCCCC(=O)OCCCC(C)(CCCOC(=O)CCCCCCCNC(=O)CCCOC2OC(CO)C(O)C(O)C2C)CCCOC(=O)NCCCCCCCC(=O)CCOC2(O)OC(CO)C(O)C(O)C2C)OC(CO)C(O)C1O. The summed E-state index contributed by atoms with van der Waals surface area (Å²) in [7, 11) is 0. The molecule has 15 atom stereocenters. The zero-order valence-corrected chi connectivity index (χ0v) is 57.2. The smallest absolute Gasteiger partial charge is 0.407 e. The average Bonchev–Trinajstić information content (AvgIpc) is 0.809. The predicted octanol–water partition coefficient (Wildman–Crippen LogP) is 3.51. The molecule has 0 bridgehead atoms. The third-order valence-corrected chi connectivity index (χ3v) is 18.2. The van der Waals surface area contributed by atoms with E-state index < -0.39 is 117 Å². The van der Waals surface area contributed by atoms with Crippen molar-refractivity contribution in [1.82, 2.24) is 16.0 Å². The first-order valence-corrected chi connectivity index (χ1v) is 35.3. The second-order valence-corrected chi connectivity index (χ2v) is 26.3. The quantitative estimate of drug-likeness (QED) is 0.0179. The van der Waals surface area contributed by atoms with Crippen molar-refractivity contribution < 1.29 is 122 Å². The summed E-state index contributed by atoms with van der Waals surface area (Å²) < 4.78 is 49.9. The van der Waals surface area contributed by atoms with Crippen LogP contribution in [-0.2, 0) is 66.6 Å². The highest BCUT2D eigenvalue weighted by Crippen LogP contribution is 2.36. The molecule has 0 radical (unpaired) electrons. The zero-order chi connectivity index (χ0) is 70.0. The van der Waals surface area contributed by atoms with Crippen molar-refractivity contribution in [3.05, 3.63) is 0 Å². The number of ether oxygens (including phenoxy) is 9. The number of esters is 2. The van der Waals surface area contributed by atoms with Gasteiger partial charge in [-0.2, -0.15) is 0 Å². The summed E-state index contributed by atoms with van der Waals surface area (Å²) in [5.41, 5.74) is -0.221. The summed E-state index contributed by atoms with van der Waals surface area (Å²) in [6, 6.07) is 0. The lowest BCUT2D eigenvalue weighted by Gasteiger charge is -2.45. The van der Waals surface area contributed by atoms with Crippen LogP contribution in [0.2, 0.25) is 0 Å². The number of carbonyl (C=O) groups excluding carboxylic acids is 6. The van der Waals surface area contributed by atoms with Crippen LogP contribution in [-0.4, -0.2) is 239 Å². The molecule has 28 nitrogen and oxygen atoms in total. The predicted molar refractivity (Wildman–Crippen MR) is 344 cm³/mol. The number of Topliss-reactive ketones (excluding diaryl/α,β-unsaturated/α-hetero) is 1. The van der Waals surface area contributed by atoms with Gasteiger partial charge in [-0.1, -0.05) is 85.5 Å². The molecule has 13 N–H and O–H groups in total. The lowest BCUT2D eigenvalue weighted by Crippen LogP contribution is -2.62. The molecule has 95 heavy (non-hydrogen) atoms. The summed E-state index contributed by atoms with van der Waals surface area (Å²) in [6.45, 7) is 7.90. The first kappa shape index (κ1) is 85.4. The minimum atomic E-state index is -2.25. The van der Waals surface area contributed by atoms with Crippen LogP contribution in [0.25, 0.3) is 0 Å². The van der Waals surface area contributed by atoms with Crippen molar-refractivity contribution in [3.63, 3.8) is 0 Å². The number of nitrogens with one attached hydrogen (secondary N) is 3. The summed E-state index contributed by atoms with van der Waals surface area (Å²) in [6.07, 6.45) is 5.89. The molecule has 3 aliphatic rings. The Balaban J connectivity index is 1.27. The number of amides is 3. The van der Waals surface area contributed by atoms with Gasteiger partial charge in [0.05, 0.1) is 83.7 Å². The number of alkyl carbamates (subject to hydrolysis) is 1. The molecule has 0 spiro atoms. The van der Waals surface area contributed by atoms with Gasteiger partial charge < -0.3 is 110 Å². The number of hydrogen-bond acceptors (Lipinski definition) is 25. The second-order valence-electron chi connectivity index (χ2n) is 26.3. The molecule has 0 saturated carbocycles. The molecule has 15 unspecified atom stereocenters. The van der Waals surface area contributed by atoms with Gasteiger partial charge in [0.1, 0.15) is 42.4 Å². The van der Waals surface area contributed by atoms with Crippen molar-refractivity contribution in [2.45, 2.75) is 287 Å². The van der Waals surface area contributed by atoms with Gasteiger partial charge in [0.15, 0.2) is 12.6 Å². The standard InChI is InChI=1S/C67H121N3O25/c1-46-57(79)60(82)50(43-71)93-63(46)89-37-20-26-53(75)68-34-17-11-6-9-15-28-55(77)87-39-22-31-66(4,32-23-40-88-56(78)29-16-10-7-12-18-35-69-54(76)27-21-38-90-64-47(2)58(80)61(83)51(44-72)94-64)33-24-41-91-65(85)70-36-19-13-5-8-14-25-49(74)30-42-92-67(86)48(3)59(81)62(84)52(45-73)95-67/h46-48,50-52,57-64,71-73,79-84,86H,5-45H2,1-4H3,(H,68,75)(H,69,76)(H,70,85). The van der Waals surface area contributed by atoms with E-state index in [9.17, 15) is 79.8 Å². The maximum Gasteiger partial charge on any atom is 0.407 e. The number of hydrogen-bond donors (Lipinski definition) is 13. The Morgan fingerprint density at radius 3 is 1.25 bits per heavy atom. The van der Waals surface area contributed by atoms with Gasteiger partial charge in [0.25, 0.3) is 5.97 Å². The molecule has 554 valence electrons. The van der Waals surface area contributed by atoms with Gasteiger partial charge >= 0.3 is 18.0 Å². The van der Waals surface area contributed by atoms with E-state index in [4.69, 9.17) is 42.6 Å². The Labute approximate surface area is 561 Å². The van der Waals surface area contributed by atoms with Gasteiger partial charge in [-0.05, 0) is 95.3 Å². The molecule has 3 saturated heterocycles. The van der Waals surface area contributed by atoms with E-state index in [2.05, 4.69) is 22.9 Å².